The molecule has 0 bridgehead atoms. The van der Waals surface area contributed by atoms with Gasteiger partial charge in [0.25, 0.3) is 0 Å². The Labute approximate surface area is 142 Å². The van der Waals surface area contributed by atoms with Crippen LogP contribution in [0.15, 0.2) is 24.3 Å². The van der Waals surface area contributed by atoms with Gasteiger partial charge in [-0.2, -0.15) is 0 Å². The van der Waals surface area contributed by atoms with Crippen molar-refractivity contribution >= 4 is 17.6 Å². The average molecular weight is 334 g/mol. The number of piperidine rings is 1. The number of rotatable bonds is 7. The number of amides is 1. The number of nitrogens with two attached hydrogens (primary N) is 1. The Balaban J connectivity index is 1.88. The highest BCUT2D eigenvalue weighted by molar-refractivity contribution is 5.89. The predicted octanol–water partition coefficient (Wildman–Crippen LogP) is 1.97. The third kappa shape index (κ3) is 5.23. The zero-order valence-corrected chi connectivity index (χ0v) is 14.4. The van der Waals surface area contributed by atoms with Gasteiger partial charge in [0.2, 0.25) is 5.91 Å². The summed E-state index contributed by atoms with van der Waals surface area (Å²) in [6.45, 7) is 6.02. The lowest BCUT2D eigenvalue weighted by Gasteiger charge is -2.33. The van der Waals surface area contributed by atoms with E-state index in [1.807, 2.05) is 26.0 Å². The van der Waals surface area contributed by atoms with Gasteiger partial charge in [-0.3, -0.25) is 4.79 Å². The van der Waals surface area contributed by atoms with Gasteiger partial charge in [0.05, 0.1) is 24.2 Å². The molecule has 1 aliphatic rings. The van der Waals surface area contributed by atoms with Crippen LogP contribution in [0.2, 0.25) is 0 Å². The topological polar surface area (TPSA) is 81.9 Å². The highest BCUT2D eigenvalue weighted by atomic mass is 16.6. The van der Waals surface area contributed by atoms with E-state index in [0.717, 1.165) is 25.1 Å². The van der Waals surface area contributed by atoms with Gasteiger partial charge in [-0.05, 0) is 51.0 Å². The minimum Gasteiger partial charge on any atom is -0.460 e. The van der Waals surface area contributed by atoms with E-state index in [2.05, 4.69) is 4.90 Å². The number of hydrogen-bond acceptors (Lipinski definition) is 5. The first-order valence-corrected chi connectivity index (χ1v) is 8.40. The quantitative estimate of drug-likeness (QED) is 0.609. The lowest BCUT2D eigenvalue weighted by Crippen LogP contribution is -2.41. The molecular formula is C18H26N2O4. The molecule has 1 atom stereocenters. The number of primary amides is 1. The summed E-state index contributed by atoms with van der Waals surface area (Å²) in [7, 11) is 0. The van der Waals surface area contributed by atoms with Crippen molar-refractivity contribution in [1.82, 2.24) is 0 Å². The highest BCUT2D eigenvalue weighted by Crippen LogP contribution is 2.23. The molecule has 24 heavy (non-hydrogen) atoms. The van der Waals surface area contributed by atoms with E-state index in [-0.39, 0.29) is 30.5 Å². The molecule has 0 unspecified atom stereocenters. The van der Waals surface area contributed by atoms with Crippen LogP contribution in [0.1, 0.15) is 37.0 Å². The van der Waals surface area contributed by atoms with Crippen molar-refractivity contribution in [3.05, 3.63) is 29.8 Å². The molecule has 1 heterocycles. The van der Waals surface area contributed by atoms with Crippen molar-refractivity contribution in [2.24, 2.45) is 11.7 Å². The smallest absolute Gasteiger partial charge is 0.338 e. The van der Waals surface area contributed by atoms with E-state index < -0.39 is 0 Å². The minimum atomic E-state index is -0.359. The van der Waals surface area contributed by atoms with Gasteiger partial charge in [-0.1, -0.05) is 0 Å². The van der Waals surface area contributed by atoms with Gasteiger partial charge >= 0.3 is 5.97 Å². The van der Waals surface area contributed by atoms with Crippen molar-refractivity contribution in [1.29, 1.82) is 0 Å². The molecule has 1 amide bonds. The summed E-state index contributed by atoms with van der Waals surface area (Å²) in [5.41, 5.74) is 6.90. The molecule has 1 fully saturated rings. The van der Waals surface area contributed by atoms with E-state index in [9.17, 15) is 9.59 Å². The number of ether oxygens (including phenoxy) is 2. The lowest BCUT2D eigenvalue weighted by atomic mass is 9.97. The Morgan fingerprint density at radius 2 is 1.96 bits per heavy atom. The second-order valence-corrected chi connectivity index (χ2v) is 6.29. The molecule has 1 aromatic carbocycles. The molecule has 0 radical (unpaired) electrons. The van der Waals surface area contributed by atoms with Crippen LogP contribution < -0.4 is 10.6 Å². The van der Waals surface area contributed by atoms with Crippen LogP contribution in [0, 0.1) is 5.92 Å². The summed E-state index contributed by atoms with van der Waals surface area (Å²) in [6, 6.07) is 7.25. The number of nitrogens with zero attached hydrogens (tertiary/aromatic N) is 1. The molecular weight excluding hydrogens is 308 g/mol. The molecule has 132 valence electrons. The van der Waals surface area contributed by atoms with E-state index in [1.54, 1.807) is 12.1 Å². The Morgan fingerprint density at radius 3 is 2.58 bits per heavy atom. The van der Waals surface area contributed by atoms with Crippen molar-refractivity contribution < 1.29 is 19.1 Å². The standard InChI is InChI=1S/C18H26N2O4/c1-13(2)23-10-11-24-18(22)14-5-7-16(8-6-14)20-9-3-4-15(12-20)17(19)21/h5-8,13,15H,3-4,9-12H2,1-2H3,(H2,19,21)/t15-/m0/s1. The lowest BCUT2D eigenvalue weighted by molar-refractivity contribution is -0.122. The summed E-state index contributed by atoms with van der Waals surface area (Å²) in [5.74, 6) is -0.713. The Hall–Kier alpha value is -2.08. The van der Waals surface area contributed by atoms with Crippen molar-refractivity contribution in [3.8, 4) is 0 Å². The maximum atomic E-state index is 12.0. The SMILES string of the molecule is CC(C)OCCOC(=O)c1ccc(N2CCC[C@H](C(N)=O)C2)cc1. The van der Waals surface area contributed by atoms with Crippen LogP contribution in [-0.2, 0) is 14.3 Å². The second-order valence-electron chi connectivity index (χ2n) is 6.29. The fourth-order valence-corrected chi connectivity index (χ4v) is 2.75. The fourth-order valence-electron chi connectivity index (χ4n) is 2.75. The van der Waals surface area contributed by atoms with Crippen LogP contribution in [0.25, 0.3) is 0 Å². The summed E-state index contributed by atoms with van der Waals surface area (Å²) in [6.07, 6.45) is 1.90. The normalized spacial score (nSPS) is 17.8. The van der Waals surface area contributed by atoms with Gasteiger partial charge < -0.3 is 20.1 Å². The predicted molar refractivity (Wildman–Crippen MR) is 91.9 cm³/mol. The van der Waals surface area contributed by atoms with Crippen LogP contribution in [0.3, 0.4) is 0 Å². The molecule has 2 rings (SSSR count). The number of anilines is 1. The molecule has 0 aliphatic carbocycles. The molecule has 1 aliphatic heterocycles. The van der Waals surface area contributed by atoms with E-state index in [4.69, 9.17) is 15.2 Å². The van der Waals surface area contributed by atoms with Gasteiger partial charge in [-0.15, -0.1) is 0 Å². The van der Waals surface area contributed by atoms with Crippen LogP contribution >= 0.6 is 0 Å². The number of hydrogen-bond donors (Lipinski definition) is 1. The largest absolute Gasteiger partial charge is 0.460 e. The van der Waals surface area contributed by atoms with Crippen molar-refractivity contribution in [2.75, 3.05) is 31.2 Å². The van der Waals surface area contributed by atoms with Crippen molar-refractivity contribution in [3.63, 3.8) is 0 Å². The maximum Gasteiger partial charge on any atom is 0.338 e. The van der Waals surface area contributed by atoms with Crippen LogP contribution in [-0.4, -0.2) is 44.3 Å². The van der Waals surface area contributed by atoms with Gasteiger partial charge in [-0.25, -0.2) is 4.79 Å². The first-order chi connectivity index (χ1) is 11.5. The Kier molecular flexibility index (Phi) is 6.61. The zero-order valence-electron chi connectivity index (χ0n) is 14.4. The Bertz CT molecular complexity index is 557. The van der Waals surface area contributed by atoms with Gasteiger partial charge in [0, 0.05) is 18.8 Å². The monoisotopic (exact) mass is 334 g/mol. The zero-order chi connectivity index (χ0) is 17.5. The fraction of sp³-hybridized carbons (Fsp3) is 0.556. The van der Waals surface area contributed by atoms with E-state index in [1.165, 1.54) is 0 Å². The second kappa shape index (κ2) is 8.68. The molecule has 2 N–H and O–H groups in total. The molecule has 1 saturated heterocycles. The molecule has 0 saturated carbocycles. The first kappa shape index (κ1) is 18.3. The number of carbonyl (C=O) groups excluding carboxylic acids is 2. The Morgan fingerprint density at radius 1 is 1.25 bits per heavy atom. The van der Waals surface area contributed by atoms with E-state index >= 15 is 0 Å². The molecule has 6 nitrogen and oxygen atoms in total. The van der Waals surface area contributed by atoms with E-state index in [0.29, 0.717) is 18.7 Å². The number of carbonyl (C=O) groups is 2. The number of benzene rings is 1. The molecule has 6 heteroatoms. The summed E-state index contributed by atoms with van der Waals surface area (Å²) in [5, 5.41) is 0. The maximum absolute atomic E-state index is 12.0. The van der Waals surface area contributed by atoms with Gasteiger partial charge in [0.1, 0.15) is 6.61 Å². The van der Waals surface area contributed by atoms with Gasteiger partial charge in [0.15, 0.2) is 0 Å². The summed E-state index contributed by atoms with van der Waals surface area (Å²) < 4.78 is 10.5. The first-order valence-electron chi connectivity index (χ1n) is 8.40. The minimum absolute atomic E-state index is 0.107. The third-order valence-corrected chi connectivity index (χ3v) is 4.06. The molecule has 1 aromatic rings. The third-order valence-electron chi connectivity index (χ3n) is 4.06. The molecule has 0 aromatic heterocycles. The molecule has 0 spiro atoms. The van der Waals surface area contributed by atoms with Crippen LogP contribution in [0.5, 0.6) is 0 Å². The number of esters is 1. The summed E-state index contributed by atoms with van der Waals surface area (Å²) in [4.78, 5) is 25.5. The van der Waals surface area contributed by atoms with Crippen LogP contribution in [0.4, 0.5) is 5.69 Å². The summed E-state index contributed by atoms with van der Waals surface area (Å²) >= 11 is 0. The average Bonchev–Trinajstić information content (AvgIpc) is 2.58. The van der Waals surface area contributed by atoms with Crippen molar-refractivity contribution in [2.45, 2.75) is 32.8 Å². The highest BCUT2D eigenvalue weighted by Gasteiger charge is 2.24.